The number of carbonyl (C=O) groups is 1. The molecule has 2 aromatic rings. The molecule has 0 bridgehead atoms. The number of hydrogen-bond acceptors (Lipinski definition) is 6. The molecule has 6 nitrogen and oxygen atoms in total. The molecule has 1 aromatic heterocycles. The molecule has 0 aliphatic heterocycles. The van der Waals surface area contributed by atoms with E-state index in [2.05, 4.69) is 4.98 Å². The summed E-state index contributed by atoms with van der Waals surface area (Å²) in [6.45, 7) is 1.82. The second-order valence-corrected chi connectivity index (χ2v) is 10.4. The van der Waals surface area contributed by atoms with E-state index in [1.807, 2.05) is 6.07 Å². The van der Waals surface area contributed by atoms with Gasteiger partial charge in [0.1, 0.15) is 5.75 Å². The fourth-order valence-electron chi connectivity index (χ4n) is 4.48. The van der Waals surface area contributed by atoms with E-state index >= 15 is 0 Å². The highest BCUT2D eigenvalue weighted by atomic mass is 32.2. The molecule has 31 heavy (non-hydrogen) atoms. The number of esters is 1. The molecule has 0 saturated heterocycles. The molecule has 0 radical (unpaired) electrons. The topological polar surface area (TPSA) is 82.6 Å². The van der Waals surface area contributed by atoms with E-state index in [-0.39, 0.29) is 30.3 Å². The van der Waals surface area contributed by atoms with Crippen LogP contribution in [0.4, 0.5) is 0 Å². The second-order valence-electron chi connectivity index (χ2n) is 8.14. The van der Waals surface area contributed by atoms with Gasteiger partial charge in [0.15, 0.2) is 14.6 Å². The van der Waals surface area contributed by atoms with Crippen molar-refractivity contribution in [3.8, 4) is 5.75 Å². The van der Waals surface area contributed by atoms with Gasteiger partial charge < -0.3 is 9.47 Å². The fourth-order valence-corrected chi connectivity index (χ4v) is 6.51. The van der Waals surface area contributed by atoms with Gasteiger partial charge >= 0.3 is 5.97 Å². The number of sulfone groups is 1. The molecule has 1 atom stereocenters. The maximum Gasteiger partial charge on any atom is 0.328 e. The van der Waals surface area contributed by atoms with Gasteiger partial charge in [-0.15, -0.1) is 0 Å². The molecule has 0 N–H and O–H groups in total. The van der Waals surface area contributed by atoms with Gasteiger partial charge in [0.05, 0.1) is 18.6 Å². The van der Waals surface area contributed by atoms with Crippen molar-refractivity contribution >= 4 is 15.8 Å². The van der Waals surface area contributed by atoms with Crippen LogP contribution in [-0.4, -0.2) is 37.8 Å². The van der Waals surface area contributed by atoms with Crippen LogP contribution in [0.5, 0.6) is 5.75 Å². The summed E-state index contributed by atoms with van der Waals surface area (Å²) in [5.74, 6) is 0.0309. The third-order valence-corrected chi connectivity index (χ3v) is 8.49. The van der Waals surface area contributed by atoms with Crippen LogP contribution in [0.2, 0.25) is 0 Å². The van der Waals surface area contributed by atoms with E-state index in [1.54, 1.807) is 37.5 Å². The van der Waals surface area contributed by atoms with Gasteiger partial charge in [-0.2, -0.15) is 0 Å². The van der Waals surface area contributed by atoms with Crippen LogP contribution in [0.1, 0.15) is 51.0 Å². The molecule has 1 heterocycles. The minimum atomic E-state index is -4.06. The van der Waals surface area contributed by atoms with Crippen molar-refractivity contribution in [1.29, 1.82) is 0 Å². The van der Waals surface area contributed by atoms with Crippen LogP contribution in [0, 0.1) is 5.92 Å². The molecular formula is C24H31NO5S. The Hall–Kier alpha value is -2.41. The number of hydrogen-bond donors (Lipinski definition) is 0. The molecule has 168 valence electrons. The van der Waals surface area contributed by atoms with E-state index in [1.165, 1.54) is 19.2 Å². The SMILES string of the molecule is CCOC(=O)C(Cc1cccnc1)(CC1CCCCC1)S(=O)(=O)c1ccc(OC)cc1. The Morgan fingerprint density at radius 1 is 1.13 bits per heavy atom. The predicted octanol–water partition coefficient (Wildman–Crippen LogP) is 4.38. The average molecular weight is 446 g/mol. The lowest BCUT2D eigenvalue weighted by Gasteiger charge is -2.35. The van der Waals surface area contributed by atoms with Crippen molar-refractivity contribution in [2.75, 3.05) is 13.7 Å². The molecule has 1 fully saturated rings. The Labute approximate surface area is 184 Å². The first kappa shape index (κ1) is 23.3. The molecule has 7 heteroatoms. The smallest absolute Gasteiger partial charge is 0.328 e. The first-order valence-corrected chi connectivity index (χ1v) is 12.4. The number of ether oxygens (including phenoxy) is 2. The Morgan fingerprint density at radius 2 is 1.84 bits per heavy atom. The molecule has 1 unspecified atom stereocenters. The summed E-state index contributed by atoms with van der Waals surface area (Å²) in [6, 6.07) is 9.79. The minimum absolute atomic E-state index is 0.0323. The van der Waals surface area contributed by atoms with Crippen LogP contribution in [0.15, 0.2) is 53.7 Å². The number of nitrogens with zero attached hydrogens (tertiary/aromatic N) is 1. The molecule has 0 spiro atoms. The summed E-state index contributed by atoms with van der Waals surface area (Å²) >= 11 is 0. The van der Waals surface area contributed by atoms with Crippen LogP contribution >= 0.6 is 0 Å². The monoisotopic (exact) mass is 445 g/mol. The Morgan fingerprint density at radius 3 is 2.42 bits per heavy atom. The van der Waals surface area contributed by atoms with Gasteiger partial charge in [-0.1, -0.05) is 38.2 Å². The predicted molar refractivity (Wildman–Crippen MR) is 119 cm³/mol. The van der Waals surface area contributed by atoms with Crippen LogP contribution in [0.3, 0.4) is 0 Å². The third-order valence-electron chi connectivity index (χ3n) is 6.09. The maximum atomic E-state index is 14.1. The summed E-state index contributed by atoms with van der Waals surface area (Å²) in [7, 11) is -2.54. The van der Waals surface area contributed by atoms with Gasteiger partial charge in [-0.05, 0) is 55.2 Å². The molecule has 1 saturated carbocycles. The van der Waals surface area contributed by atoms with E-state index in [0.717, 1.165) is 32.1 Å². The molecule has 1 aliphatic carbocycles. The van der Waals surface area contributed by atoms with Crippen molar-refractivity contribution in [3.63, 3.8) is 0 Å². The largest absolute Gasteiger partial charge is 0.497 e. The van der Waals surface area contributed by atoms with Crippen molar-refractivity contribution in [2.24, 2.45) is 5.92 Å². The van der Waals surface area contributed by atoms with Gasteiger partial charge in [0.2, 0.25) is 0 Å². The summed E-state index contributed by atoms with van der Waals surface area (Å²) in [4.78, 5) is 17.7. The van der Waals surface area contributed by atoms with E-state index < -0.39 is 20.6 Å². The zero-order valence-corrected chi connectivity index (χ0v) is 19.1. The Kier molecular flexibility index (Phi) is 7.70. The summed E-state index contributed by atoms with van der Waals surface area (Å²) in [5, 5.41) is 0. The van der Waals surface area contributed by atoms with Gasteiger partial charge in [0, 0.05) is 18.8 Å². The van der Waals surface area contributed by atoms with E-state index in [0.29, 0.717) is 11.3 Å². The van der Waals surface area contributed by atoms with Gasteiger partial charge in [-0.25, -0.2) is 8.42 Å². The first-order valence-electron chi connectivity index (χ1n) is 10.9. The zero-order chi connectivity index (χ0) is 22.3. The van der Waals surface area contributed by atoms with Crippen molar-refractivity contribution in [1.82, 2.24) is 4.98 Å². The van der Waals surface area contributed by atoms with Crippen molar-refractivity contribution < 1.29 is 22.7 Å². The standard InChI is InChI=1S/C24H31NO5S/c1-3-30-23(26)24(16-19-8-5-4-6-9-19,17-20-10-7-15-25-18-20)31(27,28)22-13-11-21(29-2)12-14-22/h7,10-15,18-19H,3-6,8-9,16-17H2,1-2H3. The maximum absolute atomic E-state index is 14.1. The molecule has 3 rings (SSSR count). The van der Waals surface area contributed by atoms with Crippen LogP contribution in [-0.2, 0) is 25.8 Å². The summed E-state index contributed by atoms with van der Waals surface area (Å²) in [6.07, 6.45) is 8.64. The fraction of sp³-hybridized carbons (Fsp3) is 0.500. The lowest BCUT2D eigenvalue weighted by atomic mass is 9.80. The zero-order valence-electron chi connectivity index (χ0n) is 18.2. The van der Waals surface area contributed by atoms with Crippen LogP contribution < -0.4 is 4.74 Å². The molecule has 1 aliphatic rings. The highest BCUT2D eigenvalue weighted by Gasteiger charge is 2.53. The number of methoxy groups -OCH3 is 1. The highest BCUT2D eigenvalue weighted by Crippen LogP contribution is 2.40. The highest BCUT2D eigenvalue weighted by molar-refractivity contribution is 7.93. The Bertz CT molecular complexity index is 953. The van der Waals surface area contributed by atoms with E-state index in [9.17, 15) is 13.2 Å². The number of aromatic nitrogens is 1. The number of pyridine rings is 1. The minimum Gasteiger partial charge on any atom is -0.497 e. The normalized spacial score (nSPS) is 17.0. The van der Waals surface area contributed by atoms with Crippen molar-refractivity contribution in [2.45, 2.75) is 61.5 Å². The van der Waals surface area contributed by atoms with Gasteiger partial charge in [-0.3, -0.25) is 9.78 Å². The summed E-state index contributed by atoms with van der Waals surface area (Å²) in [5.41, 5.74) is 0.698. The van der Waals surface area contributed by atoms with E-state index in [4.69, 9.17) is 9.47 Å². The number of carbonyl (C=O) groups excluding carboxylic acids is 1. The lowest BCUT2D eigenvalue weighted by molar-refractivity contribution is -0.147. The number of benzene rings is 1. The third kappa shape index (κ3) is 5.09. The van der Waals surface area contributed by atoms with Crippen molar-refractivity contribution in [3.05, 3.63) is 54.4 Å². The van der Waals surface area contributed by atoms with Gasteiger partial charge in [0.25, 0.3) is 0 Å². The quantitative estimate of drug-likeness (QED) is 0.533. The molecule has 0 amide bonds. The number of rotatable bonds is 9. The second kappa shape index (κ2) is 10.3. The Balaban J connectivity index is 2.13. The first-order chi connectivity index (χ1) is 14.9. The molecular weight excluding hydrogens is 414 g/mol. The average Bonchev–Trinajstić information content (AvgIpc) is 2.80. The van der Waals surface area contributed by atoms with Crippen LogP contribution in [0.25, 0.3) is 0 Å². The molecule has 1 aromatic carbocycles. The lowest BCUT2D eigenvalue weighted by Crippen LogP contribution is -2.51. The summed E-state index contributed by atoms with van der Waals surface area (Å²) < 4.78 is 37.1.